The van der Waals surface area contributed by atoms with Crippen LogP contribution in [0.1, 0.15) is 20.3 Å². The highest BCUT2D eigenvalue weighted by molar-refractivity contribution is 7.32. The summed E-state index contributed by atoms with van der Waals surface area (Å²) in [7, 11) is -3.58. The van der Waals surface area contributed by atoms with Gasteiger partial charge in [-0.2, -0.15) is 0 Å². The number of rotatable bonds is 6. The molecule has 0 spiro atoms. The average molecular weight is 733 g/mol. The Morgan fingerprint density at radius 2 is 0.642 bits per heavy atom. The van der Waals surface area contributed by atoms with Crippen LogP contribution in [-0.4, -0.2) is 12.2 Å². The van der Waals surface area contributed by atoms with E-state index in [1.807, 2.05) is 38.1 Å². The molecular formula is C45H34O6P2. The maximum absolute atomic E-state index is 6.60. The Morgan fingerprint density at radius 3 is 0.925 bits per heavy atom. The van der Waals surface area contributed by atoms with Gasteiger partial charge in [0.2, 0.25) is 0 Å². The molecule has 8 heteroatoms. The molecule has 0 bridgehead atoms. The molecule has 0 saturated heterocycles. The first-order valence-corrected chi connectivity index (χ1v) is 20.0. The molecule has 6 nitrogen and oxygen atoms in total. The zero-order valence-corrected chi connectivity index (χ0v) is 30.9. The van der Waals surface area contributed by atoms with E-state index in [4.69, 9.17) is 25.8 Å². The van der Waals surface area contributed by atoms with E-state index in [2.05, 4.69) is 121 Å². The number of hydrogen-bond acceptors (Lipinski definition) is 6. The molecule has 53 heavy (non-hydrogen) atoms. The van der Waals surface area contributed by atoms with Gasteiger partial charge in [-0.15, -0.1) is 0 Å². The van der Waals surface area contributed by atoms with E-state index in [0.717, 1.165) is 87.0 Å². The molecule has 8 aromatic carbocycles. The van der Waals surface area contributed by atoms with Gasteiger partial charge in [-0.05, 0) is 81.2 Å². The lowest BCUT2D eigenvalue weighted by Crippen LogP contribution is -2.21. The minimum Gasteiger partial charge on any atom is -0.399 e. The quantitative estimate of drug-likeness (QED) is 0.169. The molecule has 0 aliphatic carbocycles. The molecule has 0 amide bonds. The molecule has 2 atom stereocenters. The standard InChI is InChI=1S/C45H34O6P2/c1-28(46-52-48-38-23-19-30-11-3-7-15-34(30)42(38)43-35-16-8-4-12-31(35)20-24-39(43)49-52)27-29(2)47-53-50-40-25-21-32-13-5-9-17-36(32)44(40)45-37-18-10-6-14-33(37)22-26-41(45)51-53/h3-26,28-29H,27H2,1-2H3/t28-,29-/m0/s1. The molecule has 2 heterocycles. The number of fused-ring (bicyclic) bond motifs is 14. The van der Waals surface area contributed by atoms with Crippen LogP contribution in [0.5, 0.6) is 0 Å². The lowest BCUT2D eigenvalue weighted by atomic mass is 9.99. The summed E-state index contributed by atoms with van der Waals surface area (Å²) >= 11 is 0. The molecule has 0 saturated carbocycles. The fraction of sp³-hybridized carbons (Fsp3) is 0.111. The monoisotopic (exact) mass is 732 g/mol. The number of benzene rings is 8. The summed E-state index contributed by atoms with van der Waals surface area (Å²) in [5.74, 6) is 0. The second kappa shape index (κ2) is 13.2. The summed E-state index contributed by atoms with van der Waals surface area (Å²) in [6, 6.07) is 50.0. The van der Waals surface area contributed by atoms with Gasteiger partial charge in [0.1, 0.15) is 22.3 Å². The third-order valence-corrected chi connectivity index (χ3v) is 12.4. The summed E-state index contributed by atoms with van der Waals surface area (Å²) in [4.78, 5) is 0. The van der Waals surface area contributed by atoms with Gasteiger partial charge in [-0.1, -0.05) is 121 Å². The molecule has 260 valence electrons. The van der Waals surface area contributed by atoms with Crippen molar-refractivity contribution in [3.05, 3.63) is 146 Å². The van der Waals surface area contributed by atoms with Crippen molar-refractivity contribution in [3.63, 3.8) is 0 Å². The Bertz CT molecular complexity index is 2710. The van der Waals surface area contributed by atoms with Gasteiger partial charge in [0.15, 0.2) is 0 Å². The fourth-order valence-electron chi connectivity index (χ4n) is 7.63. The third-order valence-electron chi connectivity index (χ3n) is 9.95. The first kappa shape index (κ1) is 32.2. The van der Waals surface area contributed by atoms with Crippen molar-refractivity contribution in [1.29, 1.82) is 0 Å². The van der Waals surface area contributed by atoms with Gasteiger partial charge in [-0.25, -0.2) is 0 Å². The topological polar surface area (TPSA) is 71.0 Å². The van der Waals surface area contributed by atoms with E-state index in [-0.39, 0.29) is 12.2 Å². The van der Waals surface area contributed by atoms with Crippen molar-refractivity contribution in [3.8, 4) is 0 Å². The van der Waals surface area contributed by atoms with Gasteiger partial charge in [0.25, 0.3) is 0 Å². The molecule has 10 aromatic rings. The van der Waals surface area contributed by atoms with Crippen molar-refractivity contribution in [2.75, 3.05) is 0 Å². The SMILES string of the molecule is C[C@@H](C[C@H](C)Op1oc2ccc3ccccc3c2c2c(ccc3ccccc32)o1)Op1oc2ccc3ccccc3c2c2c(ccc3ccccc32)o1. The summed E-state index contributed by atoms with van der Waals surface area (Å²) in [6.07, 6.45) is 0.0226. The average Bonchev–Trinajstić information content (AvgIpc) is 3.45. The summed E-state index contributed by atoms with van der Waals surface area (Å²) in [6.45, 7) is 4.04. The van der Waals surface area contributed by atoms with E-state index >= 15 is 0 Å². The first-order chi connectivity index (χ1) is 26.1. The first-order valence-electron chi connectivity index (χ1n) is 17.8. The summed E-state index contributed by atoms with van der Waals surface area (Å²) in [5, 5.41) is 13.0. The predicted molar refractivity (Wildman–Crippen MR) is 219 cm³/mol. The van der Waals surface area contributed by atoms with Crippen LogP contribution < -0.4 is 9.05 Å². The maximum atomic E-state index is 6.60. The molecule has 0 N–H and O–H groups in total. The minimum atomic E-state index is -1.79. The second-order valence-corrected chi connectivity index (χ2v) is 15.6. The normalized spacial score (nSPS) is 13.2. The van der Waals surface area contributed by atoms with Crippen molar-refractivity contribution in [1.82, 2.24) is 0 Å². The largest absolute Gasteiger partial charge is 0.399 e. The van der Waals surface area contributed by atoms with E-state index in [9.17, 15) is 0 Å². The van der Waals surface area contributed by atoms with E-state index in [1.165, 1.54) is 0 Å². The summed E-state index contributed by atoms with van der Waals surface area (Å²) in [5.41, 5.74) is 2.95. The lowest BCUT2D eigenvalue weighted by molar-refractivity contribution is 0.184. The smallest absolute Gasteiger partial charge is 0.387 e. The Morgan fingerprint density at radius 1 is 0.377 bits per heavy atom. The zero-order valence-electron chi connectivity index (χ0n) is 29.1. The molecular weight excluding hydrogens is 698 g/mol. The summed E-state index contributed by atoms with van der Waals surface area (Å²) < 4.78 is 39.5. The molecule has 2 aromatic heterocycles. The van der Waals surface area contributed by atoms with Crippen LogP contribution in [-0.2, 0) is 0 Å². The zero-order chi connectivity index (χ0) is 35.5. The van der Waals surface area contributed by atoms with Crippen molar-refractivity contribution >= 4 is 103 Å². The van der Waals surface area contributed by atoms with Gasteiger partial charge in [0, 0.05) is 28.0 Å². The molecule has 0 aliphatic rings. The lowest BCUT2D eigenvalue weighted by Gasteiger charge is -2.15. The van der Waals surface area contributed by atoms with Crippen LogP contribution in [0.15, 0.2) is 162 Å². The maximum Gasteiger partial charge on any atom is 0.387 e. The van der Waals surface area contributed by atoms with Crippen LogP contribution in [0.3, 0.4) is 0 Å². The highest BCUT2D eigenvalue weighted by atomic mass is 31.1. The molecule has 0 unspecified atom stereocenters. The molecule has 0 aliphatic heterocycles. The predicted octanol–water partition coefficient (Wildman–Crippen LogP) is 14.2. The number of hydrogen-bond donors (Lipinski definition) is 0. The Kier molecular flexibility index (Phi) is 8.01. The molecule has 0 fully saturated rings. The van der Waals surface area contributed by atoms with Crippen LogP contribution in [0.4, 0.5) is 0 Å². The third kappa shape index (κ3) is 5.76. The van der Waals surface area contributed by atoms with Crippen molar-refractivity contribution < 1.29 is 25.8 Å². The van der Waals surface area contributed by atoms with E-state index < -0.39 is 16.5 Å². The van der Waals surface area contributed by atoms with Crippen LogP contribution in [0.2, 0.25) is 0 Å². The van der Waals surface area contributed by atoms with Crippen LogP contribution >= 0.6 is 16.5 Å². The minimum absolute atomic E-state index is 0.267. The Balaban J connectivity index is 1.03. The van der Waals surface area contributed by atoms with Gasteiger partial charge < -0.3 is 16.8 Å². The van der Waals surface area contributed by atoms with Crippen LogP contribution in [0, 0.1) is 0 Å². The second-order valence-electron chi connectivity index (χ2n) is 13.5. The fourth-order valence-corrected chi connectivity index (χ4v) is 9.89. The Hall–Kier alpha value is -5.48. The van der Waals surface area contributed by atoms with Crippen molar-refractivity contribution in [2.24, 2.45) is 0 Å². The van der Waals surface area contributed by atoms with E-state index in [1.54, 1.807) is 0 Å². The molecule has 0 radical (unpaired) electrons. The van der Waals surface area contributed by atoms with E-state index in [0.29, 0.717) is 6.42 Å². The van der Waals surface area contributed by atoms with Gasteiger partial charge in [0.05, 0.1) is 12.2 Å². The van der Waals surface area contributed by atoms with Gasteiger partial charge in [-0.3, -0.25) is 9.05 Å². The molecule has 10 rings (SSSR count). The highest BCUT2D eigenvalue weighted by Gasteiger charge is 2.20. The van der Waals surface area contributed by atoms with Crippen molar-refractivity contribution in [2.45, 2.75) is 32.5 Å². The Labute approximate surface area is 306 Å². The highest BCUT2D eigenvalue weighted by Crippen LogP contribution is 2.43. The van der Waals surface area contributed by atoms with Gasteiger partial charge >= 0.3 is 16.5 Å². The van der Waals surface area contributed by atoms with Crippen LogP contribution in [0.25, 0.3) is 87.0 Å².